The second kappa shape index (κ2) is 3.86. The number of aromatic nitrogens is 1. The number of aryl methyl sites for hydroxylation is 2. The van der Waals surface area contributed by atoms with Gasteiger partial charge in [0.25, 0.3) is 5.56 Å². The SMILES string of the molecule is Cc1c(C)c2cc(C(F)(F)F)ccc2n(C)c1=O. The van der Waals surface area contributed by atoms with E-state index >= 15 is 0 Å². The molecule has 2 aromatic rings. The number of benzene rings is 1. The molecular formula is C13H12F3NO. The minimum atomic E-state index is -4.37. The quantitative estimate of drug-likeness (QED) is 0.708. The summed E-state index contributed by atoms with van der Waals surface area (Å²) in [5.41, 5.74) is 0.704. The largest absolute Gasteiger partial charge is 0.416 e. The van der Waals surface area contributed by atoms with Crippen LogP contribution in [0.4, 0.5) is 13.2 Å². The molecule has 0 saturated heterocycles. The van der Waals surface area contributed by atoms with E-state index in [-0.39, 0.29) is 5.56 Å². The van der Waals surface area contributed by atoms with Gasteiger partial charge in [0.05, 0.1) is 11.1 Å². The second-order valence-corrected chi connectivity index (χ2v) is 4.34. The Morgan fingerprint density at radius 2 is 1.72 bits per heavy atom. The van der Waals surface area contributed by atoms with Gasteiger partial charge in [0.2, 0.25) is 0 Å². The Balaban J connectivity index is 2.91. The smallest absolute Gasteiger partial charge is 0.311 e. The summed E-state index contributed by atoms with van der Waals surface area (Å²) in [5.74, 6) is 0. The third-order valence-corrected chi connectivity index (χ3v) is 3.28. The molecule has 0 atom stereocenters. The Hall–Kier alpha value is -1.78. The summed E-state index contributed by atoms with van der Waals surface area (Å²) in [6, 6.07) is 3.43. The van der Waals surface area contributed by atoms with E-state index in [1.807, 2.05) is 0 Å². The molecule has 0 radical (unpaired) electrons. The summed E-state index contributed by atoms with van der Waals surface area (Å²) in [5, 5.41) is 0.462. The van der Waals surface area contributed by atoms with Crippen LogP contribution in [0.25, 0.3) is 10.9 Å². The van der Waals surface area contributed by atoms with E-state index < -0.39 is 11.7 Å². The molecule has 1 heterocycles. The molecule has 0 unspecified atom stereocenters. The van der Waals surface area contributed by atoms with Crippen LogP contribution in [0.15, 0.2) is 23.0 Å². The first-order chi connectivity index (χ1) is 8.23. The molecule has 2 rings (SSSR count). The Labute approximate surface area is 102 Å². The topological polar surface area (TPSA) is 22.0 Å². The highest BCUT2D eigenvalue weighted by molar-refractivity contribution is 5.84. The number of alkyl halides is 3. The minimum absolute atomic E-state index is 0.181. The van der Waals surface area contributed by atoms with Gasteiger partial charge in [-0.3, -0.25) is 4.79 Å². The molecule has 0 saturated carbocycles. The van der Waals surface area contributed by atoms with Crippen molar-refractivity contribution in [1.82, 2.24) is 4.57 Å². The molecule has 0 amide bonds. The van der Waals surface area contributed by atoms with Gasteiger partial charge in [-0.15, -0.1) is 0 Å². The predicted molar refractivity (Wildman–Crippen MR) is 63.7 cm³/mol. The molecule has 18 heavy (non-hydrogen) atoms. The highest BCUT2D eigenvalue weighted by Gasteiger charge is 2.30. The van der Waals surface area contributed by atoms with Gasteiger partial charge in [0.1, 0.15) is 0 Å². The zero-order chi connectivity index (χ0) is 13.7. The molecule has 0 aliphatic heterocycles. The molecule has 0 spiro atoms. The number of nitrogens with zero attached hydrogens (tertiary/aromatic N) is 1. The summed E-state index contributed by atoms with van der Waals surface area (Å²) in [6.45, 7) is 3.29. The number of hydrogen-bond acceptors (Lipinski definition) is 1. The Morgan fingerprint density at radius 1 is 1.11 bits per heavy atom. The average Bonchev–Trinajstić information content (AvgIpc) is 2.32. The summed E-state index contributed by atoms with van der Waals surface area (Å²) in [6.07, 6.45) is -4.37. The van der Waals surface area contributed by atoms with Gasteiger partial charge in [-0.05, 0) is 37.6 Å². The molecule has 1 aromatic heterocycles. The molecule has 0 fully saturated rings. The van der Waals surface area contributed by atoms with E-state index in [2.05, 4.69) is 0 Å². The summed E-state index contributed by atoms with van der Waals surface area (Å²) in [4.78, 5) is 11.8. The van der Waals surface area contributed by atoms with Crippen molar-refractivity contribution < 1.29 is 13.2 Å². The van der Waals surface area contributed by atoms with Crippen LogP contribution in [0.5, 0.6) is 0 Å². The number of hydrogen-bond donors (Lipinski definition) is 0. The monoisotopic (exact) mass is 255 g/mol. The van der Waals surface area contributed by atoms with E-state index in [1.54, 1.807) is 20.9 Å². The number of pyridine rings is 1. The van der Waals surface area contributed by atoms with Gasteiger partial charge in [0, 0.05) is 18.0 Å². The fourth-order valence-corrected chi connectivity index (χ4v) is 2.03. The maximum absolute atomic E-state index is 12.7. The number of rotatable bonds is 0. The average molecular weight is 255 g/mol. The van der Waals surface area contributed by atoms with Gasteiger partial charge in [-0.2, -0.15) is 13.2 Å². The number of fused-ring (bicyclic) bond motifs is 1. The van der Waals surface area contributed by atoms with Crippen LogP contribution in [0.3, 0.4) is 0 Å². The van der Waals surface area contributed by atoms with Crippen LogP contribution in [-0.4, -0.2) is 4.57 Å². The van der Waals surface area contributed by atoms with E-state index in [4.69, 9.17) is 0 Å². The lowest BCUT2D eigenvalue weighted by atomic mass is 10.0. The molecule has 0 bridgehead atoms. The first-order valence-corrected chi connectivity index (χ1v) is 5.40. The maximum Gasteiger partial charge on any atom is 0.416 e. The fraction of sp³-hybridized carbons (Fsp3) is 0.308. The highest BCUT2D eigenvalue weighted by Crippen LogP contribution is 2.32. The lowest BCUT2D eigenvalue weighted by Crippen LogP contribution is -2.21. The van der Waals surface area contributed by atoms with Gasteiger partial charge in [-0.25, -0.2) is 0 Å². The van der Waals surface area contributed by atoms with Crippen LogP contribution in [0.2, 0.25) is 0 Å². The lowest BCUT2D eigenvalue weighted by molar-refractivity contribution is -0.137. The molecule has 2 nitrogen and oxygen atoms in total. The van der Waals surface area contributed by atoms with Crippen LogP contribution in [0.1, 0.15) is 16.7 Å². The van der Waals surface area contributed by atoms with Crippen molar-refractivity contribution in [3.05, 3.63) is 45.2 Å². The van der Waals surface area contributed by atoms with Gasteiger partial charge in [0.15, 0.2) is 0 Å². The molecule has 96 valence electrons. The van der Waals surface area contributed by atoms with Crippen molar-refractivity contribution in [2.45, 2.75) is 20.0 Å². The third-order valence-electron chi connectivity index (χ3n) is 3.28. The minimum Gasteiger partial charge on any atom is -0.311 e. The van der Waals surface area contributed by atoms with Crippen LogP contribution >= 0.6 is 0 Å². The number of halogens is 3. The molecular weight excluding hydrogens is 243 g/mol. The maximum atomic E-state index is 12.7. The molecule has 1 aromatic carbocycles. The van der Waals surface area contributed by atoms with Crippen molar-refractivity contribution in [1.29, 1.82) is 0 Å². The molecule has 0 aliphatic carbocycles. The first kappa shape index (κ1) is 12.7. The van der Waals surface area contributed by atoms with E-state index in [0.717, 1.165) is 12.1 Å². The Morgan fingerprint density at radius 3 is 2.28 bits per heavy atom. The molecule has 0 aliphatic rings. The van der Waals surface area contributed by atoms with Crippen molar-refractivity contribution in [2.24, 2.45) is 7.05 Å². The van der Waals surface area contributed by atoms with E-state index in [0.29, 0.717) is 22.0 Å². The molecule has 5 heteroatoms. The summed E-state index contributed by atoms with van der Waals surface area (Å²) < 4.78 is 39.4. The van der Waals surface area contributed by atoms with Crippen molar-refractivity contribution in [3.8, 4) is 0 Å². The molecule has 0 N–H and O–H groups in total. The van der Waals surface area contributed by atoms with Crippen molar-refractivity contribution in [2.75, 3.05) is 0 Å². The zero-order valence-electron chi connectivity index (χ0n) is 10.2. The van der Waals surface area contributed by atoms with E-state index in [1.165, 1.54) is 10.6 Å². The van der Waals surface area contributed by atoms with Crippen molar-refractivity contribution in [3.63, 3.8) is 0 Å². The fourth-order valence-electron chi connectivity index (χ4n) is 2.03. The zero-order valence-corrected chi connectivity index (χ0v) is 10.2. The third kappa shape index (κ3) is 1.79. The standard InChI is InChI=1S/C13H12F3NO/c1-7-8(2)12(18)17(3)11-5-4-9(6-10(7)11)13(14,15)16/h4-6H,1-3H3. The highest BCUT2D eigenvalue weighted by atomic mass is 19.4. The lowest BCUT2D eigenvalue weighted by Gasteiger charge is -2.13. The Bertz CT molecular complexity index is 683. The van der Waals surface area contributed by atoms with Gasteiger partial charge >= 0.3 is 6.18 Å². The first-order valence-electron chi connectivity index (χ1n) is 5.40. The Kier molecular flexibility index (Phi) is 2.72. The summed E-state index contributed by atoms with van der Waals surface area (Å²) in [7, 11) is 1.56. The van der Waals surface area contributed by atoms with Crippen LogP contribution < -0.4 is 5.56 Å². The van der Waals surface area contributed by atoms with Gasteiger partial charge < -0.3 is 4.57 Å². The van der Waals surface area contributed by atoms with E-state index in [9.17, 15) is 18.0 Å². The van der Waals surface area contributed by atoms with Crippen LogP contribution in [0, 0.1) is 13.8 Å². The van der Waals surface area contributed by atoms with Crippen LogP contribution in [-0.2, 0) is 13.2 Å². The van der Waals surface area contributed by atoms with Gasteiger partial charge in [-0.1, -0.05) is 0 Å². The summed E-state index contributed by atoms with van der Waals surface area (Å²) >= 11 is 0. The predicted octanol–water partition coefficient (Wildman–Crippen LogP) is 3.17. The van der Waals surface area contributed by atoms with Crippen molar-refractivity contribution >= 4 is 10.9 Å². The normalized spacial score (nSPS) is 12.1. The second-order valence-electron chi connectivity index (χ2n) is 4.34.